The Hall–Kier alpha value is -1.56. The van der Waals surface area contributed by atoms with Crippen molar-refractivity contribution in [1.82, 2.24) is 0 Å². The van der Waals surface area contributed by atoms with Crippen molar-refractivity contribution in [3.05, 3.63) is 24.3 Å². The van der Waals surface area contributed by atoms with E-state index in [4.69, 9.17) is 0 Å². The Bertz CT molecular complexity index is 618. The zero-order valence-electron chi connectivity index (χ0n) is 12.0. The Morgan fingerprint density at radius 2 is 2.00 bits per heavy atom. The fourth-order valence-corrected chi connectivity index (χ4v) is 3.54. The molecule has 0 bridgehead atoms. The Labute approximate surface area is 120 Å². The number of benzene rings is 1. The lowest BCUT2D eigenvalue weighted by Crippen LogP contribution is -2.28. The average molecular weight is 296 g/mol. The molecule has 110 valence electrons. The van der Waals surface area contributed by atoms with Crippen LogP contribution in [0.15, 0.2) is 24.3 Å². The fourth-order valence-electron chi connectivity index (χ4n) is 1.99. The van der Waals surface area contributed by atoms with Gasteiger partial charge in [0.2, 0.25) is 15.9 Å². The lowest BCUT2D eigenvalue weighted by atomic mass is 9.95. The largest absolute Gasteiger partial charge is 0.326 e. The summed E-state index contributed by atoms with van der Waals surface area (Å²) in [6, 6.07) is 6.96. The van der Waals surface area contributed by atoms with Gasteiger partial charge in [0.15, 0.2) is 0 Å². The zero-order valence-corrected chi connectivity index (χ0v) is 12.8. The van der Waals surface area contributed by atoms with Crippen LogP contribution in [-0.4, -0.2) is 26.6 Å². The van der Waals surface area contributed by atoms with Crippen LogP contribution in [0.5, 0.6) is 0 Å². The first-order valence-corrected chi connectivity index (χ1v) is 8.23. The minimum Gasteiger partial charge on any atom is -0.326 e. The van der Waals surface area contributed by atoms with E-state index in [2.05, 4.69) is 5.32 Å². The van der Waals surface area contributed by atoms with Crippen LogP contribution in [0.1, 0.15) is 27.2 Å². The van der Waals surface area contributed by atoms with E-state index in [1.54, 1.807) is 24.3 Å². The number of hydrogen-bond donors (Lipinski definition) is 1. The lowest BCUT2D eigenvalue weighted by molar-refractivity contribution is -0.123. The van der Waals surface area contributed by atoms with Gasteiger partial charge < -0.3 is 5.32 Å². The summed E-state index contributed by atoms with van der Waals surface area (Å²) in [6.07, 6.45) is 0.640. The lowest BCUT2D eigenvalue weighted by Gasteiger charge is -2.20. The first kappa shape index (κ1) is 14.8. The van der Waals surface area contributed by atoms with Gasteiger partial charge in [0.25, 0.3) is 0 Å². The number of nitrogens with one attached hydrogen (secondary N) is 1. The van der Waals surface area contributed by atoms with Gasteiger partial charge in [0.1, 0.15) is 0 Å². The molecule has 2 rings (SSSR count). The molecular formula is C14H20N2O3S. The molecule has 1 fully saturated rings. The smallest absolute Gasteiger partial charge is 0.235 e. The molecule has 1 amide bonds. The maximum atomic E-state index is 12.0. The molecule has 1 aromatic carbocycles. The first-order valence-electron chi connectivity index (χ1n) is 6.62. The van der Waals surface area contributed by atoms with Crippen molar-refractivity contribution in [2.75, 3.05) is 21.9 Å². The summed E-state index contributed by atoms with van der Waals surface area (Å²) in [5.74, 6) is 0.0879. The highest BCUT2D eigenvalue weighted by Crippen LogP contribution is 2.27. The van der Waals surface area contributed by atoms with Gasteiger partial charge in [-0.1, -0.05) is 26.8 Å². The van der Waals surface area contributed by atoms with Crippen molar-refractivity contribution >= 4 is 27.3 Å². The summed E-state index contributed by atoms with van der Waals surface area (Å²) in [6.45, 7) is 5.99. The Kier molecular flexibility index (Phi) is 3.77. The SMILES string of the molecule is CC(C)(C)C(=O)Nc1cccc(N2CCCS2(=O)=O)c1. The van der Waals surface area contributed by atoms with E-state index >= 15 is 0 Å². The number of anilines is 2. The predicted molar refractivity (Wildman–Crippen MR) is 80.3 cm³/mol. The molecular weight excluding hydrogens is 276 g/mol. The third-order valence-corrected chi connectivity index (χ3v) is 5.04. The van der Waals surface area contributed by atoms with E-state index in [1.165, 1.54) is 4.31 Å². The molecule has 1 N–H and O–H groups in total. The predicted octanol–water partition coefficient (Wildman–Crippen LogP) is 2.21. The van der Waals surface area contributed by atoms with Crippen LogP contribution in [0.3, 0.4) is 0 Å². The maximum Gasteiger partial charge on any atom is 0.235 e. The van der Waals surface area contributed by atoms with Crippen molar-refractivity contribution < 1.29 is 13.2 Å². The molecule has 1 aliphatic heterocycles. The van der Waals surface area contributed by atoms with Crippen LogP contribution < -0.4 is 9.62 Å². The second-order valence-electron chi connectivity index (χ2n) is 6.00. The molecule has 5 nitrogen and oxygen atoms in total. The molecule has 1 aliphatic rings. The van der Waals surface area contributed by atoms with Crippen LogP contribution in [0, 0.1) is 5.41 Å². The highest BCUT2D eigenvalue weighted by molar-refractivity contribution is 7.93. The van der Waals surface area contributed by atoms with E-state index in [1.807, 2.05) is 20.8 Å². The average Bonchev–Trinajstić information content (AvgIpc) is 2.68. The third kappa shape index (κ3) is 3.12. The number of carbonyl (C=O) groups excluding carboxylic acids is 1. The fraction of sp³-hybridized carbons (Fsp3) is 0.500. The first-order chi connectivity index (χ1) is 9.20. The van der Waals surface area contributed by atoms with Crippen molar-refractivity contribution in [3.8, 4) is 0 Å². The van der Waals surface area contributed by atoms with Gasteiger partial charge >= 0.3 is 0 Å². The van der Waals surface area contributed by atoms with Crippen LogP contribution in [0.4, 0.5) is 11.4 Å². The van der Waals surface area contributed by atoms with Crippen molar-refractivity contribution in [1.29, 1.82) is 0 Å². The van der Waals surface area contributed by atoms with E-state index in [0.717, 1.165) is 0 Å². The molecule has 0 unspecified atom stereocenters. The molecule has 1 saturated heterocycles. The van der Waals surface area contributed by atoms with Crippen molar-refractivity contribution in [2.24, 2.45) is 5.41 Å². The van der Waals surface area contributed by atoms with Crippen LogP contribution in [0.25, 0.3) is 0 Å². The summed E-state index contributed by atoms with van der Waals surface area (Å²) >= 11 is 0. The van der Waals surface area contributed by atoms with E-state index < -0.39 is 15.4 Å². The number of amides is 1. The number of sulfonamides is 1. The highest BCUT2D eigenvalue weighted by Gasteiger charge is 2.28. The van der Waals surface area contributed by atoms with Gasteiger partial charge in [0, 0.05) is 17.6 Å². The normalized spacial score (nSPS) is 18.1. The Morgan fingerprint density at radius 3 is 2.55 bits per heavy atom. The number of nitrogens with zero attached hydrogens (tertiary/aromatic N) is 1. The number of carbonyl (C=O) groups is 1. The zero-order chi connectivity index (χ0) is 15.0. The van der Waals surface area contributed by atoms with Gasteiger partial charge in [-0.25, -0.2) is 8.42 Å². The molecule has 1 heterocycles. The minimum atomic E-state index is -3.19. The van der Waals surface area contributed by atoms with E-state index in [9.17, 15) is 13.2 Å². The van der Waals surface area contributed by atoms with Gasteiger partial charge in [-0.05, 0) is 24.6 Å². The molecule has 20 heavy (non-hydrogen) atoms. The second-order valence-corrected chi connectivity index (χ2v) is 8.01. The topological polar surface area (TPSA) is 66.5 Å². The summed E-state index contributed by atoms with van der Waals surface area (Å²) in [5.41, 5.74) is 0.731. The van der Waals surface area contributed by atoms with Gasteiger partial charge in [-0.15, -0.1) is 0 Å². The van der Waals surface area contributed by atoms with Crippen LogP contribution in [0.2, 0.25) is 0 Å². The Balaban J connectivity index is 2.23. The molecule has 0 atom stereocenters. The molecule has 6 heteroatoms. The molecule has 1 aromatic rings. The van der Waals surface area contributed by atoms with E-state index in [0.29, 0.717) is 24.3 Å². The summed E-state index contributed by atoms with van der Waals surface area (Å²) in [7, 11) is -3.19. The minimum absolute atomic E-state index is 0.0982. The van der Waals surface area contributed by atoms with Crippen LogP contribution >= 0.6 is 0 Å². The molecule has 0 saturated carbocycles. The number of rotatable bonds is 2. The summed E-state index contributed by atoms with van der Waals surface area (Å²) in [4.78, 5) is 12.0. The summed E-state index contributed by atoms with van der Waals surface area (Å²) < 4.78 is 25.2. The van der Waals surface area contributed by atoms with Gasteiger partial charge in [0.05, 0.1) is 11.4 Å². The molecule has 0 spiro atoms. The van der Waals surface area contributed by atoms with Crippen LogP contribution in [-0.2, 0) is 14.8 Å². The third-order valence-electron chi connectivity index (χ3n) is 3.17. The standard InChI is InChI=1S/C14H20N2O3S/c1-14(2,3)13(17)15-11-6-4-7-12(10-11)16-8-5-9-20(16,18)19/h4,6-7,10H,5,8-9H2,1-3H3,(H,15,17). The molecule has 0 aliphatic carbocycles. The van der Waals surface area contributed by atoms with Gasteiger partial charge in [-0.2, -0.15) is 0 Å². The number of hydrogen-bond acceptors (Lipinski definition) is 3. The molecule has 0 aromatic heterocycles. The Morgan fingerprint density at radius 1 is 1.30 bits per heavy atom. The maximum absolute atomic E-state index is 12.0. The summed E-state index contributed by atoms with van der Waals surface area (Å²) in [5, 5.41) is 2.81. The quantitative estimate of drug-likeness (QED) is 0.910. The monoisotopic (exact) mass is 296 g/mol. The second kappa shape index (κ2) is 5.09. The van der Waals surface area contributed by atoms with E-state index in [-0.39, 0.29) is 11.7 Å². The van der Waals surface area contributed by atoms with Crippen molar-refractivity contribution in [2.45, 2.75) is 27.2 Å². The van der Waals surface area contributed by atoms with Crippen molar-refractivity contribution in [3.63, 3.8) is 0 Å². The molecule has 0 radical (unpaired) electrons. The highest BCUT2D eigenvalue weighted by atomic mass is 32.2. The van der Waals surface area contributed by atoms with Gasteiger partial charge in [-0.3, -0.25) is 9.10 Å².